The number of carboxylic acids is 1. The van der Waals surface area contributed by atoms with E-state index in [0.29, 0.717) is 17.1 Å². The number of aryl methyl sites for hydroxylation is 1. The molecular weight excluding hydrogens is 468 g/mol. The van der Waals surface area contributed by atoms with E-state index in [1.807, 2.05) is 32.0 Å². The second kappa shape index (κ2) is 10.1. The molecule has 184 valence electrons. The number of methoxy groups -OCH3 is 1. The van der Waals surface area contributed by atoms with Gasteiger partial charge in [-0.25, -0.2) is 8.42 Å². The van der Waals surface area contributed by atoms with Crippen molar-refractivity contribution in [3.63, 3.8) is 0 Å². The van der Waals surface area contributed by atoms with Crippen molar-refractivity contribution in [1.82, 2.24) is 9.29 Å². The summed E-state index contributed by atoms with van der Waals surface area (Å²) in [6.45, 7) is 4.09. The number of fused-ring (bicyclic) bond motifs is 1. The van der Waals surface area contributed by atoms with Gasteiger partial charge in [-0.15, -0.1) is 0 Å². The highest BCUT2D eigenvalue weighted by molar-refractivity contribution is 7.89. The van der Waals surface area contributed by atoms with Gasteiger partial charge in [0.25, 0.3) is 0 Å². The fourth-order valence-electron chi connectivity index (χ4n) is 4.30. The van der Waals surface area contributed by atoms with Crippen molar-refractivity contribution < 1.29 is 27.8 Å². The lowest BCUT2D eigenvalue weighted by Crippen LogP contribution is -2.35. The van der Waals surface area contributed by atoms with Crippen molar-refractivity contribution >= 4 is 16.0 Å². The van der Waals surface area contributed by atoms with Gasteiger partial charge in [0.1, 0.15) is 22.5 Å². The molecule has 2 atom stereocenters. The van der Waals surface area contributed by atoms with Crippen LogP contribution >= 0.6 is 0 Å². The Morgan fingerprint density at radius 3 is 2.71 bits per heavy atom. The molecule has 0 saturated heterocycles. The molecule has 0 fully saturated rings. The van der Waals surface area contributed by atoms with Crippen LogP contribution in [-0.2, 0) is 21.4 Å². The molecule has 0 aliphatic carbocycles. The molecule has 1 N–H and O–H groups in total. The Balaban J connectivity index is 1.72. The van der Waals surface area contributed by atoms with Gasteiger partial charge in [0, 0.05) is 18.7 Å². The number of aromatic nitrogens is 1. The van der Waals surface area contributed by atoms with E-state index < -0.39 is 21.9 Å². The number of ether oxygens (including phenoxy) is 2. The lowest BCUT2D eigenvalue weighted by atomic mass is 9.87. The number of hydrogen-bond acceptors (Lipinski definition) is 6. The van der Waals surface area contributed by atoms with E-state index in [1.165, 1.54) is 11.4 Å². The molecule has 0 bridgehead atoms. The number of carboxylic acid groups (broad SMARTS) is 1. The summed E-state index contributed by atoms with van der Waals surface area (Å²) >= 11 is 0. The van der Waals surface area contributed by atoms with Gasteiger partial charge in [0.05, 0.1) is 26.3 Å². The summed E-state index contributed by atoms with van der Waals surface area (Å²) in [4.78, 5) is 16.0. The molecule has 0 amide bonds. The van der Waals surface area contributed by atoms with Gasteiger partial charge >= 0.3 is 5.97 Å². The number of carbonyl (C=O) groups is 1. The summed E-state index contributed by atoms with van der Waals surface area (Å²) in [5, 5.41) is 9.59. The molecule has 0 spiro atoms. The smallest absolute Gasteiger partial charge is 0.304 e. The number of aliphatic carboxylic acids is 1. The van der Waals surface area contributed by atoms with Crippen LogP contribution in [0.25, 0.3) is 0 Å². The molecular formula is C26H28N2O6S. The average molecular weight is 497 g/mol. The second-order valence-electron chi connectivity index (χ2n) is 8.67. The first-order valence-corrected chi connectivity index (χ1v) is 12.7. The van der Waals surface area contributed by atoms with Crippen molar-refractivity contribution in [1.29, 1.82) is 0 Å². The third-order valence-electron chi connectivity index (χ3n) is 6.13. The molecule has 0 radical (unpaired) electrons. The van der Waals surface area contributed by atoms with E-state index in [0.717, 1.165) is 16.7 Å². The quantitative estimate of drug-likeness (QED) is 0.527. The summed E-state index contributed by atoms with van der Waals surface area (Å²) in [7, 11) is -2.26. The van der Waals surface area contributed by atoms with Crippen LogP contribution in [0.3, 0.4) is 0 Å². The zero-order valence-electron chi connectivity index (χ0n) is 19.8. The number of hydrogen-bond donors (Lipinski definition) is 1. The largest absolute Gasteiger partial charge is 0.495 e. The Hall–Kier alpha value is -3.43. The number of nitrogens with zero attached hydrogens (tertiary/aromatic N) is 2. The van der Waals surface area contributed by atoms with Crippen LogP contribution in [0.1, 0.15) is 41.5 Å². The van der Waals surface area contributed by atoms with Crippen molar-refractivity contribution in [2.24, 2.45) is 0 Å². The molecule has 1 aliphatic rings. The summed E-state index contributed by atoms with van der Waals surface area (Å²) in [6.07, 6.45) is 2.72. The van der Waals surface area contributed by atoms with Crippen LogP contribution in [0, 0.1) is 6.92 Å². The predicted octanol–water partition coefficient (Wildman–Crippen LogP) is 3.98. The maximum absolute atomic E-state index is 13.5. The highest BCUT2D eigenvalue weighted by Gasteiger charge is 2.33. The molecule has 1 aliphatic heterocycles. The van der Waals surface area contributed by atoms with E-state index in [4.69, 9.17) is 9.47 Å². The van der Waals surface area contributed by atoms with Crippen molar-refractivity contribution in [2.75, 3.05) is 13.7 Å². The molecule has 4 rings (SSSR count). The van der Waals surface area contributed by atoms with E-state index in [2.05, 4.69) is 4.98 Å². The average Bonchev–Trinajstić information content (AvgIpc) is 2.92. The standard InChI is InChI=1S/C26H28N2O6S/c1-17-8-9-19(23(12-26(29)30)20-11-22(33-3)14-27-13-20)10-21(17)16-28-15-18(2)34-24-6-4-5-7-25(24)35(28,31)32/h4-11,13-14,18,23H,12,15-16H2,1-3H3,(H,29,30)/t18-,23?/m1/s1. The number of para-hydroxylation sites is 1. The van der Waals surface area contributed by atoms with E-state index in [1.54, 1.807) is 42.7 Å². The van der Waals surface area contributed by atoms with Gasteiger partial charge in [-0.1, -0.05) is 30.3 Å². The maximum Gasteiger partial charge on any atom is 0.304 e. The van der Waals surface area contributed by atoms with Crippen LogP contribution in [-0.4, -0.2) is 48.5 Å². The number of rotatable bonds is 7. The van der Waals surface area contributed by atoms with Crippen molar-refractivity contribution in [3.8, 4) is 11.5 Å². The Kier molecular flexibility index (Phi) is 7.09. The highest BCUT2D eigenvalue weighted by atomic mass is 32.2. The molecule has 2 aromatic carbocycles. The van der Waals surface area contributed by atoms with Crippen LogP contribution in [0.2, 0.25) is 0 Å². The SMILES string of the molecule is COc1cncc(C(CC(=O)O)c2ccc(C)c(CN3C[C@@H](C)Oc4ccccc4S3(=O)=O)c2)c1. The second-order valence-corrected chi connectivity index (χ2v) is 10.6. The lowest BCUT2D eigenvalue weighted by molar-refractivity contribution is -0.137. The predicted molar refractivity (Wildman–Crippen MR) is 130 cm³/mol. The molecule has 1 aromatic heterocycles. The van der Waals surface area contributed by atoms with Gasteiger partial charge in [-0.2, -0.15) is 4.31 Å². The number of benzene rings is 2. The van der Waals surface area contributed by atoms with Gasteiger partial charge in [-0.05, 0) is 54.3 Å². The Bertz CT molecular complexity index is 1340. The van der Waals surface area contributed by atoms with Crippen LogP contribution in [0.5, 0.6) is 11.5 Å². The Labute approximate surface area is 205 Å². The van der Waals surface area contributed by atoms with E-state index in [9.17, 15) is 18.3 Å². The first-order chi connectivity index (χ1) is 16.7. The van der Waals surface area contributed by atoms with Crippen LogP contribution in [0.15, 0.2) is 65.8 Å². The first kappa shape index (κ1) is 24.7. The summed E-state index contributed by atoms with van der Waals surface area (Å²) in [5.41, 5.74) is 3.18. The fraction of sp³-hybridized carbons (Fsp3) is 0.308. The maximum atomic E-state index is 13.5. The normalized spacial score (nSPS) is 18.1. The topological polar surface area (TPSA) is 106 Å². The molecule has 35 heavy (non-hydrogen) atoms. The Morgan fingerprint density at radius 2 is 1.97 bits per heavy atom. The third-order valence-corrected chi connectivity index (χ3v) is 7.98. The van der Waals surface area contributed by atoms with Crippen LogP contribution < -0.4 is 9.47 Å². The number of sulfonamides is 1. The third kappa shape index (κ3) is 5.31. The summed E-state index contributed by atoms with van der Waals surface area (Å²) in [5.74, 6) is -0.538. The molecule has 8 nitrogen and oxygen atoms in total. The molecule has 0 saturated carbocycles. The van der Waals surface area contributed by atoms with Gasteiger partial charge in [0.15, 0.2) is 0 Å². The zero-order valence-corrected chi connectivity index (χ0v) is 20.7. The van der Waals surface area contributed by atoms with Crippen molar-refractivity contribution in [3.05, 3.63) is 83.2 Å². The van der Waals surface area contributed by atoms with E-state index in [-0.39, 0.29) is 30.5 Å². The van der Waals surface area contributed by atoms with Gasteiger partial charge in [-0.3, -0.25) is 9.78 Å². The fourth-order valence-corrected chi connectivity index (χ4v) is 5.91. The monoisotopic (exact) mass is 496 g/mol. The number of pyridine rings is 1. The summed E-state index contributed by atoms with van der Waals surface area (Å²) in [6, 6.07) is 14.1. The first-order valence-electron chi connectivity index (χ1n) is 11.2. The Morgan fingerprint density at radius 1 is 1.20 bits per heavy atom. The minimum Gasteiger partial charge on any atom is -0.495 e. The summed E-state index contributed by atoms with van der Waals surface area (Å²) < 4.78 is 39.5. The zero-order chi connectivity index (χ0) is 25.2. The highest BCUT2D eigenvalue weighted by Crippen LogP contribution is 2.34. The van der Waals surface area contributed by atoms with Crippen molar-refractivity contribution in [2.45, 2.75) is 43.7 Å². The molecule has 2 heterocycles. The minimum absolute atomic E-state index is 0.139. The molecule has 3 aromatic rings. The minimum atomic E-state index is -3.79. The molecule has 1 unspecified atom stereocenters. The van der Waals surface area contributed by atoms with Gasteiger partial charge < -0.3 is 14.6 Å². The molecule has 9 heteroatoms. The lowest BCUT2D eigenvalue weighted by Gasteiger charge is -2.24. The van der Waals surface area contributed by atoms with E-state index >= 15 is 0 Å². The van der Waals surface area contributed by atoms with Crippen LogP contribution in [0.4, 0.5) is 0 Å². The van der Waals surface area contributed by atoms with Gasteiger partial charge in [0.2, 0.25) is 10.0 Å².